The van der Waals surface area contributed by atoms with Gasteiger partial charge in [-0.05, 0) is 56.0 Å². The summed E-state index contributed by atoms with van der Waals surface area (Å²) in [6.45, 7) is 5.21. The van der Waals surface area contributed by atoms with Crippen molar-refractivity contribution >= 4 is 35.8 Å². The lowest BCUT2D eigenvalue weighted by molar-refractivity contribution is -0.127. The molecule has 0 aromatic heterocycles. The molecule has 3 atom stereocenters. The van der Waals surface area contributed by atoms with E-state index in [2.05, 4.69) is 17.6 Å². The van der Waals surface area contributed by atoms with Crippen LogP contribution in [0.3, 0.4) is 0 Å². The predicted octanol–water partition coefficient (Wildman–Crippen LogP) is 2.73. The summed E-state index contributed by atoms with van der Waals surface area (Å²) in [5, 5.41) is 7.14. The van der Waals surface area contributed by atoms with E-state index < -0.39 is 0 Å². The smallest absolute Gasteiger partial charge is 0.253 e. The molecule has 5 nitrogen and oxygen atoms in total. The Morgan fingerprint density at radius 3 is 2.65 bits per heavy atom. The van der Waals surface area contributed by atoms with Crippen LogP contribution in [0, 0.1) is 11.8 Å². The molecule has 2 aliphatic heterocycles. The van der Waals surface area contributed by atoms with Crippen molar-refractivity contribution in [3.05, 3.63) is 34.9 Å². The fourth-order valence-corrected chi connectivity index (χ4v) is 3.76. The average molecular weight is 400 g/mol. The van der Waals surface area contributed by atoms with Crippen LogP contribution in [-0.2, 0) is 4.79 Å². The molecule has 7 heteroatoms. The van der Waals surface area contributed by atoms with Crippen molar-refractivity contribution in [1.82, 2.24) is 15.5 Å². The number of hydrogen-bond acceptors (Lipinski definition) is 3. The van der Waals surface area contributed by atoms with Gasteiger partial charge in [-0.2, -0.15) is 0 Å². The molecule has 0 radical (unpaired) electrons. The lowest BCUT2D eigenvalue weighted by atomic mass is 9.92. The van der Waals surface area contributed by atoms with Crippen LogP contribution in [0.5, 0.6) is 0 Å². The van der Waals surface area contributed by atoms with Gasteiger partial charge in [0, 0.05) is 36.3 Å². The van der Waals surface area contributed by atoms with Crippen molar-refractivity contribution in [2.75, 3.05) is 26.2 Å². The van der Waals surface area contributed by atoms with E-state index in [-0.39, 0.29) is 36.2 Å². The van der Waals surface area contributed by atoms with Crippen molar-refractivity contribution in [2.24, 2.45) is 11.8 Å². The van der Waals surface area contributed by atoms with E-state index in [4.69, 9.17) is 11.6 Å². The monoisotopic (exact) mass is 399 g/mol. The lowest BCUT2D eigenvalue weighted by Crippen LogP contribution is -2.53. The molecule has 2 saturated heterocycles. The van der Waals surface area contributed by atoms with Crippen LogP contribution in [0.4, 0.5) is 0 Å². The molecular weight excluding hydrogens is 373 g/mol. The number of piperidine rings is 2. The normalized spacial score (nSPS) is 25.9. The zero-order chi connectivity index (χ0) is 17.8. The molecule has 3 rings (SSSR count). The minimum atomic E-state index is -0.126. The van der Waals surface area contributed by atoms with Gasteiger partial charge in [-0.15, -0.1) is 12.4 Å². The molecule has 2 aliphatic rings. The summed E-state index contributed by atoms with van der Waals surface area (Å²) < 4.78 is 0. The molecule has 0 aliphatic carbocycles. The first-order chi connectivity index (χ1) is 12.0. The van der Waals surface area contributed by atoms with Gasteiger partial charge < -0.3 is 15.5 Å². The molecule has 144 valence electrons. The van der Waals surface area contributed by atoms with E-state index in [9.17, 15) is 9.59 Å². The maximum Gasteiger partial charge on any atom is 0.253 e. The summed E-state index contributed by atoms with van der Waals surface area (Å²) in [7, 11) is 0. The Bertz CT molecular complexity index is 624. The van der Waals surface area contributed by atoms with Crippen LogP contribution in [0.15, 0.2) is 24.3 Å². The number of halogens is 2. The number of likely N-dealkylation sites (tertiary alicyclic amines) is 1. The van der Waals surface area contributed by atoms with Gasteiger partial charge in [-0.1, -0.05) is 18.5 Å². The molecule has 2 N–H and O–H groups in total. The van der Waals surface area contributed by atoms with Crippen molar-refractivity contribution in [3.63, 3.8) is 0 Å². The van der Waals surface area contributed by atoms with Gasteiger partial charge in [0.25, 0.3) is 5.91 Å². The summed E-state index contributed by atoms with van der Waals surface area (Å²) >= 11 is 5.89. The molecule has 2 fully saturated rings. The number of rotatable bonds is 3. The van der Waals surface area contributed by atoms with Gasteiger partial charge in [0.15, 0.2) is 0 Å². The number of carbonyl (C=O) groups is 2. The second kappa shape index (κ2) is 9.58. The van der Waals surface area contributed by atoms with Gasteiger partial charge in [0.2, 0.25) is 5.91 Å². The van der Waals surface area contributed by atoms with Crippen molar-refractivity contribution in [2.45, 2.75) is 32.2 Å². The number of amides is 2. The van der Waals surface area contributed by atoms with Gasteiger partial charge in [-0.3, -0.25) is 9.59 Å². The third-order valence-corrected chi connectivity index (χ3v) is 5.58. The second-order valence-corrected chi connectivity index (χ2v) is 7.62. The highest BCUT2D eigenvalue weighted by Crippen LogP contribution is 2.21. The van der Waals surface area contributed by atoms with Crippen LogP contribution in [0.25, 0.3) is 0 Å². The molecule has 26 heavy (non-hydrogen) atoms. The third kappa shape index (κ3) is 5.12. The molecule has 1 aromatic carbocycles. The third-order valence-electron chi connectivity index (χ3n) is 5.33. The summed E-state index contributed by atoms with van der Waals surface area (Å²) in [6, 6.07) is 7.11. The Kier molecular flexibility index (Phi) is 7.74. The van der Waals surface area contributed by atoms with Gasteiger partial charge in [-0.25, -0.2) is 0 Å². The predicted molar refractivity (Wildman–Crippen MR) is 106 cm³/mol. The topological polar surface area (TPSA) is 61.4 Å². The molecule has 0 saturated carbocycles. The molecule has 2 amide bonds. The first-order valence-electron chi connectivity index (χ1n) is 9.10. The summed E-state index contributed by atoms with van der Waals surface area (Å²) in [5.41, 5.74) is 0.621. The van der Waals surface area contributed by atoms with Crippen LogP contribution in [-0.4, -0.2) is 48.9 Å². The summed E-state index contributed by atoms with van der Waals surface area (Å²) in [6.07, 6.45) is 2.78. The highest BCUT2D eigenvalue weighted by Gasteiger charge is 2.31. The van der Waals surface area contributed by atoms with E-state index in [1.165, 1.54) is 0 Å². The maximum absolute atomic E-state index is 12.7. The summed E-state index contributed by atoms with van der Waals surface area (Å²) in [4.78, 5) is 27.1. The first-order valence-corrected chi connectivity index (χ1v) is 9.48. The Hall–Kier alpha value is -1.30. The van der Waals surface area contributed by atoms with Gasteiger partial charge in [0.1, 0.15) is 0 Å². The zero-order valence-corrected chi connectivity index (χ0v) is 16.6. The van der Waals surface area contributed by atoms with Crippen molar-refractivity contribution in [1.29, 1.82) is 0 Å². The fraction of sp³-hybridized carbons (Fsp3) is 0.579. The van der Waals surface area contributed by atoms with E-state index in [1.807, 2.05) is 0 Å². The number of hydrogen-bond donors (Lipinski definition) is 2. The lowest BCUT2D eigenvalue weighted by Gasteiger charge is -2.35. The molecular formula is C19H27Cl2N3O2. The van der Waals surface area contributed by atoms with E-state index in [0.717, 1.165) is 32.4 Å². The average Bonchev–Trinajstić information content (AvgIpc) is 2.64. The van der Waals surface area contributed by atoms with E-state index in [1.54, 1.807) is 29.2 Å². The number of nitrogens with one attached hydrogen (secondary N) is 2. The number of benzene rings is 1. The van der Waals surface area contributed by atoms with Crippen LogP contribution in [0.1, 0.15) is 36.5 Å². The van der Waals surface area contributed by atoms with Gasteiger partial charge >= 0.3 is 0 Å². The number of nitrogens with zero attached hydrogens (tertiary/aromatic N) is 1. The standard InChI is InChI=1S/C19H26ClN3O2.ClH/c1-13-8-9-21-11-17(13)22-18(24)15-3-2-10-23(12-15)19(25)14-4-6-16(20)7-5-14;/h4-7,13,15,17,21H,2-3,8-12H2,1H3,(H,22,24);1H. The van der Waals surface area contributed by atoms with Crippen LogP contribution >= 0.6 is 24.0 Å². The van der Waals surface area contributed by atoms with Crippen molar-refractivity contribution < 1.29 is 9.59 Å². The Balaban J connectivity index is 0.00000243. The molecule has 0 spiro atoms. The highest BCUT2D eigenvalue weighted by atomic mass is 35.5. The van der Waals surface area contributed by atoms with E-state index >= 15 is 0 Å². The first kappa shape index (κ1) is 21.0. The molecule has 0 bridgehead atoms. The minimum absolute atomic E-state index is 0. The summed E-state index contributed by atoms with van der Waals surface area (Å²) in [5.74, 6) is 0.413. The van der Waals surface area contributed by atoms with Gasteiger partial charge in [0.05, 0.1) is 5.92 Å². The second-order valence-electron chi connectivity index (χ2n) is 7.18. The Morgan fingerprint density at radius 2 is 1.96 bits per heavy atom. The molecule has 1 aromatic rings. The number of carbonyl (C=O) groups excluding carboxylic acids is 2. The van der Waals surface area contributed by atoms with Crippen LogP contribution in [0.2, 0.25) is 5.02 Å². The fourth-order valence-electron chi connectivity index (χ4n) is 3.63. The Morgan fingerprint density at radius 1 is 1.23 bits per heavy atom. The Labute approximate surface area is 166 Å². The minimum Gasteiger partial charge on any atom is -0.352 e. The quantitative estimate of drug-likeness (QED) is 0.820. The highest BCUT2D eigenvalue weighted by molar-refractivity contribution is 6.30. The molecule has 2 heterocycles. The maximum atomic E-state index is 12.7. The SMILES string of the molecule is CC1CCNCC1NC(=O)C1CCCN(C(=O)c2ccc(Cl)cc2)C1.Cl. The van der Waals surface area contributed by atoms with Crippen molar-refractivity contribution in [3.8, 4) is 0 Å². The van der Waals surface area contributed by atoms with E-state index in [0.29, 0.717) is 29.6 Å². The molecule has 3 unspecified atom stereocenters. The van der Waals surface area contributed by atoms with Crippen LogP contribution < -0.4 is 10.6 Å². The zero-order valence-electron chi connectivity index (χ0n) is 15.0. The largest absolute Gasteiger partial charge is 0.352 e.